The molecule has 0 atom stereocenters. The van der Waals surface area contributed by atoms with Crippen LogP contribution in [0.25, 0.3) is 0 Å². The molecule has 0 aliphatic carbocycles. The lowest BCUT2D eigenvalue weighted by Gasteiger charge is -2.37. The fourth-order valence-corrected chi connectivity index (χ4v) is 6.03. The highest BCUT2D eigenvalue weighted by molar-refractivity contribution is 7.98. The lowest BCUT2D eigenvalue weighted by molar-refractivity contribution is -0.149. The molecule has 42 heavy (non-hydrogen) atoms. The summed E-state index contributed by atoms with van der Waals surface area (Å²) in [6.45, 7) is 10.2. The third-order valence-electron chi connectivity index (χ3n) is 7.72. The molecule has 9 nitrogen and oxygen atoms in total. The van der Waals surface area contributed by atoms with Crippen molar-refractivity contribution < 1.29 is 23.1 Å². The zero-order valence-corrected chi connectivity index (χ0v) is 25.2. The Labute approximate surface area is 250 Å². The minimum absolute atomic E-state index is 0.153. The Kier molecular flexibility index (Phi) is 9.66. The number of nitrogens with zero attached hydrogens (tertiary/aromatic N) is 5. The summed E-state index contributed by atoms with van der Waals surface area (Å²) in [7, 11) is 0. The van der Waals surface area contributed by atoms with Crippen LogP contribution < -0.4 is 9.80 Å². The maximum Gasteiger partial charge on any atom is 0.309 e. The highest BCUT2D eigenvalue weighted by atomic mass is 32.2. The molecule has 4 heterocycles. The third-order valence-corrected chi connectivity index (χ3v) is 8.59. The zero-order valence-electron chi connectivity index (χ0n) is 24.4. The predicted molar refractivity (Wildman–Crippen MR) is 160 cm³/mol. The number of carbonyl (C=O) groups is 2. The van der Waals surface area contributed by atoms with E-state index in [1.54, 1.807) is 24.0 Å². The van der Waals surface area contributed by atoms with Gasteiger partial charge in [-0.05, 0) is 49.9 Å². The largest absolute Gasteiger partial charge is 0.466 e. The van der Waals surface area contributed by atoms with Crippen molar-refractivity contribution in [3.05, 3.63) is 65.5 Å². The van der Waals surface area contributed by atoms with Crippen LogP contribution in [0.5, 0.6) is 0 Å². The molecule has 1 amide bonds. The van der Waals surface area contributed by atoms with Gasteiger partial charge in [-0.15, -0.1) is 0 Å². The van der Waals surface area contributed by atoms with Crippen molar-refractivity contribution in [2.75, 3.05) is 55.7 Å². The van der Waals surface area contributed by atoms with E-state index in [0.717, 1.165) is 24.6 Å². The van der Waals surface area contributed by atoms with Crippen LogP contribution in [0.4, 0.5) is 15.9 Å². The van der Waals surface area contributed by atoms with E-state index in [1.165, 1.54) is 17.8 Å². The number of piperidine rings is 1. The summed E-state index contributed by atoms with van der Waals surface area (Å²) in [5, 5.41) is 0.651. The van der Waals surface area contributed by atoms with Crippen LogP contribution in [0.15, 0.2) is 52.0 Å². The van der Waals surface area contributed by atoms with Crippen LogP contribution in [0.1, 0.15) is 61.5 Å². The van der Waals surface area contributed by atoms with Gasteiger partial charge >= 0.3 is 5.97 Å². The topological polar surface area (TPSA) is 92.0 Å². The second-order valence-electron chi connectivity index (χ2n) is 10.9. The van der Waals surface area contributed by atoms with Crippen molar-refractivity contribution in [3.8, 4) is 0 Å². The maximum atomic E-state index is 14.3. The first-order valence-corrected chi connectivity index (χ1v) is 15.6. The fourth-order valence-electron chi connectivity index (χ4n) is 5.28. The van der Waals surface area contributed by atoms with Crippen LogP contribution in [-0.4, -0.2) is 72.6 Å². The maximum absolute atomic E-state index is 14.3. The normalized spacial score (nSPS) is 16.3. The molecule has 2 aromatic heterocycles. The molecule has 1 aromatic carbocycles. The van der Waals surface area contributed by atoms with Crippen molar-refractivity contribution >= 4 is 35.1 Å². The minimum atomic E-state index is -0.199. The molecule has 5 rings (SSSR count). The van der Waals surface area contributed by atoms with Gasteiger partial charge in [0, 0.05) is 51.0 Å². The van der Waals surface area contributed by atoms with Gasteiger partial charge in [0.25, 0.3) is 5.91 Å². The van der Waals surface area contributed by atoms with Crippen molar-refractivity contribution in [1.29, 1.82) is 0 Å². The van der Waals surface area contributed by atoms with Crippen LogP contribution in [0, 0.1) is 11.7 Å². The first-order valence-electron chi connectivity index (χ1n) is 14.6. The van der Waals surface area contributed by atoms with Crippen molar-refractivity contribution in [3.63, 3.8) is 0 Å². The molecule has 2 saturated heterocycles. The highest BCUT2D eigenvalue weighted by Crippen LogP contribution is 2.29. The van der Waals surface area contributed by atoms with Gasteiger partial charge in [0.1, 0.15) is 17.4 Å². The number of piperazine rings is 1. The Morgan fingerprint density at radius 1 is 1.02 bits per heavy atom. The summed E-state index contributed by atoms with van der Waals surface area (Å²) in [6, 6.07) is 12.5. The number of esters is 1. The zero-order chi connectivity index (χ0) is 29.6. The molecule has 0 N–H and O–H groups in total. The average Bonchev–Trinajstić information content (AvgIpc) is 3.49. The Morgan fingerprint density at radius 3 is 2.43 bits per heavy atom. The quantitative estimate of drug-likeness (QED) is 0.184. The molecule has 0 bridgehead atoms. The van der Waals surface area contributed by atoms with Gasteiger partial charge < -0.3 is 23.9 Å². The summed E-state index contributed by atoms with van der Waals surface area (Å²) >= 11 is 1.47. The second kappa shape index (κ2) is 13.6. The molecular weight excluding hydrogens is 557 g/mol. The van der Waals surface area contributed by atoms with Crippen LogP contribution in [0.2, 0.25) is 0 Å². The van der Waals surface area contributed by atoms with Crippen LogP contribution >= 0.6 is 11.8 Å². The molecule has 3 aromatic rings. The van der Waals surface area contributed by atoms with E-state index in [0.29, 0.717) is 73.7 Å². The number of thioether (sulfide) groups is 1. The first kappa shape index (κ1) is 29.9. The van der Waals surface area contributed by atoms with E-state index in [4.69, 9.17) is 19.1 Å². The summed E-state index contributed by atoms with van der Waals surface area (Å²) < 4.78 is 25.3. The number of halogens is 1. The number of amides is 1. The number of hydrogen-bond donors (Lipinski definition) is 0. The van der Waals surface area contributed by atoms with Crippen LogP contribution in [0.3, 0.4) is 0 Å². The number of furan rings is 1. The van der Waals surface area contributed by atoms with Gasteiger partial charge in [-0.2, -0.15) is 0 Å². The van der Waals surface area contributed by atoms with Crippen molar-refractivity contribution in [2.45, 2.75) is 50.4 Å². The minimum Gasteiger partial charge on any atom is -0.466 e. The second-order valence-corrected chi connectivity index (χ2v) is 11.8. The Bertz CT molecular complexity index is 1380. The molecule has 2 aliphatic heterocycles. The first-order chi connectivity index (χ1) is 20.3. The number of para-hydroxylation sites is 1. The van der Waals surface area contributed by atoms with Gasteiger partial charge in [-0.1, -0.05) is 37.7 Å². The van der Waals surface area contributed by atoms with Crippen LogP contribution in [-0.2, 0) is 15.3 Å². The molecular formula is C31H38FN5O4S. The van der Waals surface area contributed by atoms with Gasteiger partial charge in [-0.25, -0.2) is 14.4 Å². The molecule has 0 unspecified atom stereocenters. The lowest BCUT2D eigenvalue weighted by atomic mass is 9.97. The number of ether oxygens (including phenoxy) is 1. The SMILES string of the molecule is CCOC(=O)C1CCN(C(=O)c2ccc(CSc3nc(C(C)C)cc(N4CCN(c5ccccc5F)CC4)n3)o2)CC1. The highest BCUT2D eigenvalue weighted by Gasteiger charge is 2.30. The number of hydrogen-bond acceptors (Lipinski definition) is 9. The molecule has 0 radical (unpaired) electrons. The molecule has 224 valence electrons. The van der Waals surface area contributed by atoms with E-state index >= 15 is 0 Å². The number of benzene rings is 1. The van der Waals surface area contributed by atoms with Crippen molar-refractivity contribution in [2.24, 2.45) is 5.92 Å². The monoisotopic (exact) mass is 595 g/mol. The van der Waals surface area contributed by atoms with Crippen molar-refractivity contribution in [1.82, 2.24) is 14.9 Å². The molecule has 11 heteroatoms. The van der Waals surface area contributed by atoms with E-state index in [9.17, 15) is 14.0 Å². The number of likely N-dealkylation sites (tertiary alicyclic amines) is 1. The van der Waals surface area contributed by atoms with E-state index < -0.39 is 0 Å². The molecule has 0 saturated carbocycles. The smallest absolute Gasteiger partial charge is 0.309 e. The summed E-state index contributed by atoms with van der Waals surface area (Å²) in [5.74, 6) is 1.85. The number of rotatable bonds is 9. The molecule has 2 fully saturated rings. The standard InChI is InChI=1S/C31H38FN5O4S/c1-4-40-30(39)22-11-13-37(14-12-22)29(38)27-10-9-23(41-27)20-42-31-33-25(21(2)3)19-28(34-31)36-17-15-35(16-18-36)26-8-6-5-7-24(26)32/h5-10,19,21-22H,4,11-18,20H2,1-3H3. The Morgan fingerprint density at radius 2 is 1.74 bits per heavy atom. The lowest BCUT2D eigenvalue weighted by Crippen LogP contribution is -2.47. The fraction of sp³-hybridized carbons (Fsp3) is 0.484. The van der Waals surface area contributed by atoms with E-state index in [-0.39, 0.29) is 29.5 Å². The van der Waals surface area contributed by atoms with Gasteiger partial charge in [-0.3, -0.25) is 9.59 Å². The Hall–Kier alpha value is -3.60. The van der Waals surface area contributed by atoms with E-state index in [1.807, 2.05) is 24.3 Å². The number of anilines is 2. The third kappa shape index (κ3) is 7.06. The summed E-state index contributed by atoms with van der Waals surface area (Å²) in [6.07, 6.45) is 1.19. The van der Waals surface area contributed by atoms with Gasteiger partial charge in [0.15, 0.2) is 10.9 Å². The number of aromatic nitrogens is 2. The number of carbonyl (C=O) groups excluding carboxylic acids is 2. The summed E-state index contributed by atoms with van der Waals surface area (Å²) in [5.41, 5.74) is 1.59. The average molecular weight is 596 g/mol. The van der Waals surface area contributed by atoms with Gasteiger partial charge in [0.05, 0.1) is 24.0 Å². The Balaban J connectivity index is 1.19. The molecule has 2 aliphatic rings. The molecule has 0 spiro atoms. The van der Waals surface area contributed by atoms with Gasteiger partial charge in [0.2, 0.25) is 0 Å². The predicted octanol–water partition coefficient (Wildman–Crippen LogP) is 5.37. The summed E-state index contributed by atoms with van der Waals surface area (Å²) in [4.78, 5) is 40.7. The van der Waals surface area contributed by atoms with E-state index in [2.05, 4.69) is 23.6 Å².